The number of aromatic nitrogens is 3. The normalized spacial score (nSPS) is 24.3. The SMILES string of the molecule is Cc1nc(CN2C[C@H]3CN(C(=O)c4nnsc4C)C[C@@H]3C2)cs1. The van der Waals surface area contributed by atoms with Gasteiger partial charge in [0.2, 0.25) is 0 Å². The molecule has 0 radical (unpaired) electrons. The number of likely N-dealkylation sites (tertiary alicyclic amines) is 2. The molecule has 8 heteroatoms. The van der Waals surface area contributed by atoms with Gasteiger partial charge in [0.1, 0.15) is 0 Å². The van der Waals surface area contributed by atoms with Crippen molar-refractivity contribution in [3.8, 4) is 0 Å². The molecule has 4 rings (SSSR count). The third-order valence-electron chi connectivity index (χ3n) is 4.76. The first-order valence-corrected chi connectivity index (χ1v) is 9.47. The van der Waals surface area contributed by atoms with Gasteiger partial charge in [-0.2, -0.15) is 0 Å². The summed E-state index contributed by atoms with van der Waals surface area (Å²) in [5.74, 6) is 1.20. The third-order valence-corrected chi connectivity index (χ3v) is 6.21. The molecule has 0 unspecified atom stereocenters. The van der Waals surface area contributed by atoms with E-state index in [1.54, 1.807) is 11.3 Å². The number of fused-ring (bicyclic) bond motifs is 1. The minimum atomic E-state index is 0.0485. The van der Waals surface area contributed by atoms with Crippen molar-refractivity contribution in [2.75, 3.05) is 26.2 Å². The Kier molecular flexibility index (Phi) is 3.90. The Morgan fingerprint density at radius 2 is 2.00 bits per heavy atom. The molecule has 0 spiro atoms. The van der Waals surface area contributed by atoms with Gasteiger partial charge in [-0.25, -0.2) is 4.98 Å². The maximum atomic E-state index is 12.5. The van der Waals surface area contributed by atoms with E-state index in [0.717, 1.165) is 42.6 Å². The molecule has 0 saturated carbocycles. The molecule has 2 aromatic rings. The van der Waals surface area contributed by atoms with E-state index in [0.29, 0.717) is 17.5 Å². The number of rotatable bonds is 3. The highest BCUT2D eigenvalue weighted by molar-refractivity contribution is 7.09. The van der Waals surface area contributed by atoms with Crippen molar-refractivity contribution in [3.05, 3.63) is 26.7 Å². The van der Waals surface area contributed by atoms with Crippen LogP contribution >= 0.6 is 22.9 Å². The quantitative estimate of drug-likeness (QED) is 0.846. The topological polar surface area (TPSA) is 62.2 Å². The van der Waals surface area contributed by atoms with Crippen LogP contribution in [0, 0.1) is 25.7 Å². The Morgan fingerprint density at radius 1 is 1.26 bits per heavy atom. The first-order chi connectivity index (χ1) is 11.1. The van der Waals surface area contributed by atoms with Gasteiger partial charge in [0.15, 0.2) is 5.69 Å². The number of hydrogen-bond donors (Lipinski definition) is 0. The van der Waals surface area contributed by atoms with Crippen molar-refractivity contribution >= 4 is 28.8 Å². The van der Waals surface area contributed by atoms with Crippen LogP contribution < -0.4 is 0 Å². The van der Waals surface area contributed by atoms with Crippen LogP contribution in [-0.4, -0.2) is 56.5 Å². The van der Waals surface area contributed by atoms with Crippen LogP contribution in [-0.2, 0) is 6.54 Å². The molecule has 4 heterocycles. The van der Waals surface area contributed by atoms with Gasteiger partial charge >= 0.3 is 0 Å². The van der Waals surface area contributed by atoms with Gasteiger partial charge < -0.3 is 4.90 Å². The van der Waals surface area contributed by atoms with Gasteiger partial charge in [0.25, 0.3) is 5.91 Å². The zero-order chi connectivity index (χ0) is 16.0. The molecule has 1 amide bonds. The summed E-state index contributed by atoms with van der Waals surface area (Å²) >= 11 is 3.00. The summed E-state index contributed by atoms with van der Waals surface area (Å²) in [6.45, 7) is 8.68. The second-order valence-electron chi connectivity index (χ2n) is 6.46. The number of amides is 1. The smallest absolute Gasteiger partial charge is 0.275 e. The third kappa shape index (κ3) is 2.90. The summed E-state index contributed by atoms with van der Waals surface area (Å²) in [6, 6.07) is 0. The standard InChI is InChI=1S/C15H19N5OS2/c1-9-14(17-18-23-9)15(21)20-5-11-3-19(4-12(11)6-20)7-13-8-22-10(2)16-13/h8,11-12H,3-7H2,1-2H3/t11-,12-/m0/s1. The second-order valence-corrected chi connectivity index (χ2v) is 8.48. The molecule has 2 aromatic heterocycles. The Morgan fingerprint density at radius 3 is 2.57 bits per heavy atom. The molecule has 0 bridgehead atoms. The number of hydrogen-bond acceptors (Lipinski definition) is 7. The maximum absolute atomic E-state index is 12.5. The van der Waals surface area contributed by atoms with Gasteiger partial charge in [0, 0.05) is 38.1 Å². The summed E-state index contributed by atoms with van der Waals surface area (Å²) in [6.07, 6.45) is 0. The highest BCUT2D eigenvalue weighted by Gasteiger charge is 2.42. The summed E-state index contributed by atoms with van der Waals surface area (Å²) in [5, 5.41) is 7.27. The van der Waals surface area contributed by atoms with Crippen LogP contribution in [0.5, 0.6) is 0 Å². The van der Waals surface area contributed by atoms with E-state index in [2.05, 4.69) is 24.9 Å². The second kappa shape index (κ2) is 5.92. The molecule has 23 heavy (non-hydrogen) atoms. The lowest BCUT2D eigenvalue weighted by molar-refractivity contribution is 0.0767. The summed E-state index contributed by atoms with van der Waals surface area (Å²) in [4.78, 5) is 22.4. The van der Waals surface area contributed by atoms with Crippen LogP contribution in [0.3, 0.4) is 0 Å². The molecule has 2 fully saturated rings. The van der Waals surface area contributed by atoms with Gasteiger partial charge in [-0.3, -0.25) is 9.69 Å². The van der Waals surface area contributed by atoms with Crippen molar-refractivity contribution in [2.45, 2.75) is 20.4 Å². The lowest BCUT2D eigenvalue weighted by Crippen LogP contribution is -2.33. The van der Waals surface area contributed by atoms with E-state index < -0.39 is 0 Å². The summed E-state index contributed by atoms with van der Waals surface area (Å²) in [7, 11) is 0. The van der Waals surface area contributed by atoms with Gasteiger partial charge in [0.05, 0.1) is 15.6 Å². The average molecular weight is 349 g/mol. The first kappa shape index (κ1) is 15.2. The largest absolute Gasteiger partial charge is 0.337 e. The molecule has 0 aromatic carbocycles. The number of carbonyl (C=O) groups excluding carboxylic acids is 1. The molecular weight excluding hydrogens is 330 g/mol. The van der Waals surface area contributed by atoms with E-state index in [1.807, 2.05) is 18.7 Å². The Balaban J connectivity index is 1.36. The molecule has 2 aliphatic heterocycles. The van der Waals surface area contributed by atoms with Crippen LogP contribution in [0.1, 0.15) is 26.1 Å². The molecule has 2 atom stereocenters. The van der Waals surface area contributed by atoms with Crippen molar-refractivity contribution in [1.82, 2.24) is 24.4 Å². The van der Waals surface area contributed by atoms with E-state index in [4.69, 9.17) is 0 Å². The van der Waals surface area contributed by atoms with E-state index in [-0.39, 0.29) is 5.91 Å². The van der Waals surface area contributed by atoms with Crippen LogP contribution in [0.15, 0.2) is 5.38 Å². The van der Waals surface area contributed by atoms with Crippen LogP contribution in [0.25, 0.3) is 0 Å². The summed E-state index contributed by atoms with van der Waals surface area (Å²) < 4.78 is 3.88. The van der Waals surface area contributed by atoms with Crippen LogP contribution in [0.4, 0.5) is 0 Å². The zero-order valence-corrected chi connectivity index (χ0v) is 14.9. The Hall–Kier alpha value is -1.38. The van der Waals surface area contributed by atoms with Crippen LogP contribution in [0.2, 0.25) is 0 Å². The highest BCUT2D eigenvalue weighted by atomic mass is 32.1. The lowest BCUT2D eigenvalue weighted by atomic mass is 10.0. The predicted octanol–water partition coefficient (Wildman–Crippen LogP) is 1.82. The number of thiazole rings is 1. The lowest BCUT2D eigenvalue weighted by Gasteiger charge is -2.20. The Labute approximate surface area is 143 Å². The first-order valence-electron chi connectivity index (χ1n) is 7.81. The van der Waals surface area contributed by atoms with Crippen molar-refractivity contribution in [3.63, 3.8) is 0 Å². The predicted molar refractivity (Wildman–Crippen MR) is 89.7 cm³/mol. The molecule has 6 nitrogen and oxygen atoms in total. The Bertz CT molecular complexity index is 713. The molecule has 122 valence electrons. The zero-order valence-electron chi connectivity index (χ0n) is 13.2. The van der Waals surface area contributed by atoms with Crippen molar-refractivity contribution < 1.29 is 4.79 Å². The minimum Gasteiger partial charge on any atom is -0.337 e. The fourth-order valence-electron chi connectivity index (χ4n) is 3.67. The fourth-order valence-corrected chi connectivity index (χ4v) is 4.74. The molecule has 2 saturated heterocycles. The molecular formula is C15H19N5OS2. The summed E-state index contributed by atoms with van der Waals surface area (Å²) in [5.41, 5.74) is 1.70. The molecule has 0 aliphatic carbocycles. The van der Waals surface area contributed by atoms with Gasteiger partial charge in [-0.1, -0.05) is 4.49 Å². The maximum Gasteiger partial charge on any atom is 0.275 e. The molecule has 0 N–H and O–H groups in total. The number of aryl methyl sites for hydroxylation is 2. The fraction of sp³-hybridized carbons (Fsp3) is 0.600. The number of nitrogens with zero attached hydrogens (tertiary/aromatic N) is 5. The monoisotopic (exact) mass is 349 g/mol. The molecule has 2 aliphatic rings. The van der Waals surface area contributed by atoms with E-state index in [9.17, 15) is 4.79 Å². The van der Waals surface area contributed by atoms with Gasteiger partial charge in [-0.05, 0) is 37.2 Å². The minimum absolute atomic E-state index is 0.0485. The van der Waals surface area contributed by atoms with Crippen molar-refractivity contribution in [2.24, 2.45) is 11.8 Å². The van der Waals surface area contributed by atoms with E-state index >= 15 is 0 Å². The highest BCUT2D eigenvalue weighted by Crippen LogP contribution is 2.33. The average Bonchev–Trinajstić information content (AvgIpc) is 3.23. The van der Waals surface area contributed by atoms with E-state index in [1.165, 1.54) is 17.2 Å². The van der Waals surface area contributed by atoms with Gasteiger partial charge in [-0.15, -0.1) is 16.4 Å². The van der Waals surface area contributed by atoms with Crippen molar-refractivity contribution in [1.29, 1.82) is 0 Å². The number of carbonyl (C=O) groups is 1.